The molecule has 4 nitrogen and oxygen atoms in total. The highest BCUT2D eigenvalue weighted by Gasteiger charge is 2.23. The van der Waals surface area contributed by atoms with Gasteiger partial charge in [-0.1, -0.05) is 20.8 Å². The highest BCUT2D eigenvalue weighted by Crippen LogP contribution is 2.21. The van der Waals surface area contributed by atoms with E-state index < -0.39 is 0 Å². The molecule has 4 heteroatoms. The molecule has 0 aliphatic rings. The molecule has 0 amide bonds. The summed E-state index contributed by atoms with van der Waals surface area (Å²) in [4.78, 5) is 7.35. The summed E-state index contributed by atoms with van der Waals surface area (Å²) in [6.45, 7) is 9.47. The number of nitrogens with zero attached hydrogens (tertiary/aromatic N) is 1. The van der Waals surface area contributed by atoms with Crippen LogP contribution in [0.5, 0.6) is 0 Å². The predicted molar refractivity (Wildman–Crippen MR) is 65.1 cm³/mol. The van der Waals surface area contributed by atoms with Gasteiger partial charge in [0.15, 0.2) is 0 Å². The molecule has 1 heterocycles. The largest absolute Gasteiger partial charge is 0.396 e. The number of hydrogen-bond acceptors (Lipinski definition) is 3. The van der Waals surface area contributed by atoms with Crippen LogP contribution in [-0.2, 0) is 6.54 Å². The maximum Gasteiger partial charge on any atom is 0.103 e. The Morgan fingerprint density at radius 3 is 2.62 bits per heavy atom. The third-order valence-electron chi connectivity index (χ3n) is 2.76. The van der Waals surface area contributed by atoms with E-state index >= 15 is 0 Å². The summed E-state index contributed by atoms with van der Waals surface area (Å²) in [6.07, 6.45) is 2.62. The van der Waals surface area contributed by atoms with Crippen LogP contribution in [0.25, 0.3) is 0 Å². The van der Waals surface area contributed by atoms with Gasteiger partial charge in [0.2, 0.25) is 0 Å². The van der Waals surface area contributed by atoms with E-state index in [1.807, 2.05) is 13.1 Å². The lowest BCUT2D eigenvalue weighted by molar-refractivity contribution is 0.196. The van der Waals surface area contributed by atoms with Crippen molar-refractivity contribution in [3.05, 3.63) is 17.7 Å². The zero-order valence-electron chi connectivity index (χ0n) is 10.7. The second-order valence-corrected chi connectivity index (χ2v) is 5.31. The van der Waals surface area contributed by atoms with E-state index in [-0.39, 0.29) is 12.0 Å². The van der Waals surface area contributed by atoms with Crippen molar-refractivity contribution in [3.8, 4) is 0 Å². The van der Waals surface area contributed by atoms with E-state index in [1.54, 1.807) is 0 Å². The number of H-pyrrole nitrogens is 1. The summed E-state index contributed by atoms with van der Waals surface area (Å²) in [6, 6.07) is 0.307. The first-order valence-electron chi connectivity index (χ1n) is 5.78. The van der Waals surface area contributed by atoms with Crippen molar-refractivity contribution in [3.63, 3.8) is 0 Å². The van der Waals surface area contributed by atoms with E-state index in [0.29, 0.717) is 6.04 Å². The SMILES string of the molecule is Cc1ncc(CNC(CCO)C(C)(C)C)[nH]1. The third kappa shape index (κ3) is 3.94. The van der Waals surface area contributed by atoms with Gasteiger partial charge in [-0.3, -0.25) is 0 Å². The van der Waals surface area contributed by atoms with Crippen LogP contribution < -0.4 is 5.32 Å². The van der Waals surface area contributed by atoms with Gasteiger partial charge in [0.25, 0.3) is 0 Å². The van der Waals surface area contributed by atoms with Crippen molar-refractivity contribution in [1.29, 1.82) is 0 Å². The highest BCUT2D eigenvalue weighted by atomic mass is 16.3. The molecule has 3 N–H and O–H groups in total. The van der Waals surface area contributed by atoms with Crippen molar-refractivity contribution in [2.75, 3.05) is 6.61 Å². The molecule has 0 bridgehead atoms. The molecule has 1 aromatic heterocycles. The molecule has 0 aliphatic heterocycles. The zero-order chi connectivity index (χ0) is 12.2. The Hall–Kier alpha value is -0.870. The average Bonchev–Trinajstić information content (AvgIpc) is 2.57. The Morgan fingerprint density at radius 2 is 2.19 bits per heavy atom. The summed E-state index contributed by atoms with van der Waals surface area (Å²) in [7, 11) is 0. The summed E-state index contributed by atoms with van der Waals surface area (Å²) in [5.74, 6) is 0.936. The van der Waals surface area contributed by atoms with Crippen molar-refractivity contribution < 1.29 is 5.11 Å². The monoisotopic (exact) mass is 225 g/mol. The number of rotatable bonds is 5. The number of aliphatic hydroxyl groups is 1. The Bertz CT molecular complexity index is 314. The van der Waals surface area contributed by atoms with Crippen LogP contribution in [0.15, 0.2) is 6.20 Å². The average molecular weight is 225 g/mol. The first-order valence-corrected chi connectivity index (χ1v) is 5.78. The molecule has 1 atom stereocenters. The van der Waals surface area contributed by atoms with Gasteiger partial charge in [0, 0.05) is 31.1 Å². The number of aromatic amines is 1. The first kappa shape index (κ1) is 13.2. The molecule has 0 radical (unpaired) electrons. The van der Waals surface area contributed by atoms with Crippen LogP contribution in [-0.4, -0.2) is 27.7 Å². The molecule has 92 valence electrons. The minimum atomic E-state index is 0.151. The summed E-state index contributed by atoms with van der Waals surface area (Å²) >= 11 is 0. The molecule has 0 saturated carbocycles. The molecule has 16 heavy (non-hydrogen) atoms. The van der Waals surface area contributed by atoms with Gasteiger partial charge in [0.05, 0.1) is 0 Å². The van der Waals surface area contributed by atoms with Crippen LogP contribution in [0.1, 0.15) is 38.7 Å². The number of aliphatic hydroxyl groups excluding tert-OH is 1. The van der Waals surface area contributed by atoms with Crippen molar-refractivity contribution in [2.24, 2.45) is 5.41 Å². The third-order valence-corrected chi connectivity index (χ3v) is 2.76. The van der Waals surface area contributed by atoms with Crippen LogP contribution >= 0.6 is 0 Å². The smallest absolute Gasteiger partial charge is 0.103 e. The Kier molecular flexibility index (Phi) is 4.50. The van der Waals surface area contributed by atoms with Crippen LogP contribution in [0.4, 0.5) is 0 Å². The lowest BCUT2D eigenvalue weighted by Gasteiger charge is -2.31. The van der Waals surface area contributed by atoms with Gasteiger partial charge in [-0.25, -0.2) is 4.98 Å². The van der Waals surface area contributed by atoms with Gasteiger partial charge >= 0.3 is 0 Å². The molecule has 0 fully saturated rings. The first-order chi connectivity index (χ1) is 7.43. The van der Waals surface area contributed by atoms with Gasteiger partial charge in [-0.05, 0) is 18.8 Å². The van der Waals surface area contributed by atoms with Crippen LogP contribution in [0.3, 0.4) is 0 Å². The van der Waals surface area contributed by atoms with Crippen LogP contribution in [0, 0.1) is 12.3 Å². The number of hydrogen-bond donors (Lipinski definition) is 3. The number of imidazole rings is 1. The molecular weight excluding hydrogens is 202 g/mol. The molecule has 1 unspecified atom stereocenters. The normalized spacial score (nSPS) is 14.1. The van der Waals surface area contributed by atoms with Gasteiger partial charge in [0.1, 0.15) is 5.82 Å². The second kappa shape index (κ2) is 5.46. The zero-order valence-corrected chi connectivity index (χ0v) is 10.7. The Morgan fingerprint density at radius 1 is 1.50 bits per heavy atom. The molecule has 0 aromatic carbocycles. The predicted octanol–water partition coefficient (Wildman–Crippen LogP) is 1.60. The van der Waals surface area contributed by atoms with E-state index in [4.69, 9.17) is 5.11 Å². The van der Waals surface area contributed by atoms with E-state index in [9.17, 15) is 0 Å². The fourth-order valence-corrected chi connectivity index (χ4v) is 1.77. The highest BCUT2D eigenvalue weighted by molar-refractivity contribution is 5.00. The molecular formula is C12H23N3O. The van der Waals surface area contributed by atoms with Gasteiger partial charge in [-0.2, -0.15) is 0 Å². The number of nitrogens with one attached hydrogen (secondary N) is 2. The Balaban J connectivity index is 2.50. The molecule has 0 spiro atoms. The van der Waals surface area contributed by atoms with E-state index in [0.717, 1.165) is 24.5 Å². The summed E-state index contributed by atoms with van der Waals surface area (Å²) in [5, 5.41) is 12.5. The maximum absolute atomic E-state index is 9.04. The second-order valence-electron chi connectivity index (χ2n) is 5.31. The number of aryl methyl sites for hydroxylation is 1. The lowest BCUT2D eigenvalue weighted by Crippen LogP contribution is -2.40. The fraction of sp³-hybridized carbons (Fsp3) is 0.750. The molecule has 1 rings (SSSR count). The summed E-state index contributed by atoms with van der Waals surface area (Å²) in [5.41, 5.74) is 1.24. The van der Waals surface area contributed by atoms with Crippen molar-refractivity contribution in [1.82, 2.24) is 15.3 Å². The lowest BCUT2D eigenvalue weighted by atomic mass is 9.85. The minimum Gasteiger partial charge on any atom is -0.396 e. The summed E-state index contributed by atoms with van der Waals surface area (Å²) < 4.78 is 0. The van der Waals surface area contributed by atoms with Gasteiger partial charge < -0.3 is 15.4 Å². The molecule has 1 aromatic rings. The van der Waals surface area contributed by atoms with Crippen molar-refractivity contribution in [2.45, 2.75) is 46.7 Å². The quantitative estimate of drug-likeness (QED) is 0.713. The number of aromatic nitrogens is 2. The molecule has 0 saturated heterocycles. The topological polar surface area (TPSA) is 60.9 Å². The molecule has 0 aliphatic carbocycles. The van der Waals surface area contributed by atoms with E-state index in [2.05, 4.69) is 36.1 Å². The van der Waals surface area contributed by atoms with Gasteiger partial charge in [-0.15, -0.1) is 0 Å². The maximum atomic E-state index is 9.04. The van der Waals surface area contributed by atoms with E-state index in [1.165, 1.54) is 0 Å². The standard InChI is InChI=1S/C12H23N3O/c1-9-13-7-10(15-9)8-14-11(5-6-16)12(2,3)4/h7,11,14,16H,5-6,8H2,1-4H3,(H,13,15). The Labute approximate surface area is 97.5 Å². The fourth-order valence-electron chi connectivity index (χ4n) is 1.77. The van der Waals surface area contributed by atoms with Crippen LogP contribution in [0.2, 0.25) is 0 Å². The minimum absolute atomic E-state index is 0.151. The van der Waals surface area contributed by atoms with Crippen molar-refractivity contribution >= 4 is 0 Å².